The predicted molar refractivity (Wildman–Crippen MR) is 129 cm³/mol. The van der Waals surface area contributed by atoms with E-state index in [1.165, 1.54) is 18.3 Å². The predicted octanol–water partition coefficient (Wildman–Crippen LogP) is 5.20. The number of nitrogens with one attached hydrogen (secondary N) is 2. The standard InChI is InChI=1S/C24H20Cl2FN3O4/c1-2-33-22-11-15(6-9-21(22)34-14-16-4-3-5-17(25)10-16)13-28-30-24(32)23(31)29-18-7-8-20(27)19(26)12-18/h3-13H,2,14H2,1H3,(H,29,31)(H,30,32). The summed E-state index contributed by atoms with van der Waals surface area (Å²) in [4.78, 5) is 23.9. The molecule has 2 N–H and O–H groups in total. The van der Waals surface area contributed by atoms with Crippen LogP contribution in [0.5, 0.6) is 11.5 Å². The van der Waals surface area contributed by atoms with Crippen LogP contribution in [0.2, 0.25) is 10.0 Å². The van der Waals surface area contributed by atoms with Crippen molar-refractivity contribution in [1.29, 1.82) is 0 Å². The van der Waals surface area contributed by atoms with E-state index in [9.17, 15) is 14.0 Å². The number of ether oxygens (including phenoxy) is 2. The van der Waals surface area contributed by atoms with Crippen molar-refractivity contribution in [2.24, 2.45) is 5.10 Å². The first kappa shape index (κ1) is 25.0. The Morgan fingerprint density at radius 1 is 1.00 bits per heavy atom. The highest BCUT2D eigenvalue weighted by Crippen LogP contribution is 2.29. The molecule has 0 fully saturated rings. The van der Waals surface area contributed by atoms with Gasteiger partial charge in [-0.1, -0.05) is 35.3 Å². The van der Waals surface area contributed by atoms with Crippen LogP contribution < -0.4 is 20.2 Å². The van der Waals surface area contributed by atoms with Gasteiger partial charge in [0.1, 0.15) is 12.4 Å². The maximum absolute atomic E-state index is 13.2. The van der Waals surface area contributed by atoms with E-state index in [1.54, 1.807) is 24.3 Å². The second kappa shape index (κ2) is 12.0. The molecule has 0 heterocycles. The first-order chi connectivity index (χ1) is 16.4. The van der Waals surface area contributed by atoms with Crippen molar-refractivity contribution < 1.29 is 23.5 Å². The van der Waals surface area contributed by atoms with Crippen LogP contribution >= 0.6 is 23.2 Å². The van der Waals surface area contributed by atoms with Crippen molar-refractivity contribution in [2.45, 2.75) is 13.5 Å². The monoisotopic (exact) mass is 503 g/mol. The molecule has 176 valence electrons. The molecule has 0 aromatic heterocycles. The number of carbonyl (C=O) groups is 2. The molecule has 0 unspecified atom stereocenters. The molecule has 3 aromatic rings. The summed E-state index contributed by atoms with van der Waals surface area (Å²) in [5.41, 5.74) is 3.80. The zero-order valence-corrected chi connectivity index (χ0v) is 19.5. The van der Waals surface area contributed by atoms with E-state index in [4.69, 9.17) is 32.7 Å². The van der Waals surface area contributed by atoms with Crippen LogP contribution in [0.25, 0.3) is 0 Å². The molecule has 0 aliphatic rings. The maximum atomic E-state index is 13.2. The lowest BCUT2D eigenvalue weighted by Gasteiger charge is -2.12. The van der Waals surface area contributed by atoms with E-state index in [0.29, 0.717) is 35.3 Å². The topological polar surface area (TPSA) is 89.0 Å². The van der Waals surface area contributed by atoms with Crippen molar-refractivity contribution in [3.05, 3.63) is 87.7 Å². The normalized spacial score (nSPS) is 10.7. The molecule has 0 aliphatic heterocycles. The summed E-state index contributed by atoms with van der Waals surface area (Å²) < 4.78 is 24.7. The fraction of sp³-hybridized carbons (Fsp3) is 0.125. The summed E-state index contributed by atoms with van der Waals surface area (Å²) in [5.74, 6) is -1.62. The van der Waals surface area contributed by atoms with Crippen molar-refractivity contribution >= 4 is 46.9 Å². The Labute approximate surface area is 205 Å². The summed E-state index contributed by atoms with van der Waals surface area (Å²) in [6, 6.07) is 16.0. The minimum Gasteiger partial charge on any atom is -0.490 e. The Morgan fingerprint density at radius 2 is 1.82 bits per heavy atom. The third-order valence-electron chi connectivity index (χ3n) is 4.31. The first-order valence-corrected chi connectivity index (χ1v) is 10.8. The minimum atomic E-state index is -1.01. The van der Waals surface area contributed by atoms with Crippen molar-refractivity contribution in [1.82, 2.24) is 5.43 Å². The average Bonchev–Trinajstić information content (AvgIpc) is 2.81. The van der Waals surface area contributed by atoms with Gasteiger partial charge < -0.3 is 14.8 Å². The number of hydrogen-bond acceptors (Lipinski definition) is 5. The fourth-order valence-corrected chi connectivity index (χ4v) is 3.15. The Balaban J connectivity index is 1.59. The molecule has 0 atom stereocenters. The Kier molecular flexibility index (Phi) is 8.84. The number of rotatable bonds is 8. The van der Waals surface area contributed by atoms with Gasteiger partial charge in [0.2, 0.25) is 0 Å². The van der Waals surface area contributed by atoms with Gasteiger partial charge in [-0.25, -0.2) is 9.82 Å². The molecule has 0 bridgehead atoms. The van der Waals surface area contributed by atoms with Crippen LogP contribution in [-0.4, -0.2) is 24.6 Å². The molecular weight excluding hydrogens is 484 g/mol. The van der Waals surface area contributed by atoms with Gasteiger partial charge in [0.15, 0.2) is 11.5 Å². The highest BCUT2D eigenvalue weighted by atomic mass is 35.5. The van der Waals surface area contributed by atoms with E-state index < -0.39 is 17.6 Å². The number of hydrazone groups is 1. The van der Waals surface area contributed by atoms with Gasteiger partial charge in [-0.3, -0.25) is 9.59 Å². The molecular formula is C24H20Cl2FN3O4. The summed E-state index contributed by atoms with van der Waals surface area (Å²) in [6.07, 6.45) is 1.35. The second-order valence-corrected chi connectivity index (χ2v) is 7.68. The Hall–Kier alpha value is -3.62. The highest BCUT2D eigenvalue weighted by Gasteiger charge is 2.14. The van der Waals surface area contributed by atoms with Crippen LogP contribution in [-0.2, 0) is 16.2 Å². The van der Waals surface area contributed by atoms with E-state index in [-0.39, 0.29) is 10.7 Å². The molecule has 7 nitrogen and oxygen atoms in total. The summed E-state index contributed by atoms with van der Waals surface area (Å²) in [6.45, 7) is 2.56. The van der Waals surface area contributed by atoms with E-state index >= 15 is 0 Å². The van der Waals surface area contributed by atoms with Crippen LogP contribution in [0.4, 0.5) is 10.1 Å². The molecule has 34 heavy (non-hydrogen) atoms. The van der Waals surface area contributed by atoms with Gasteiger partial charge in [0.05, 0.1) is 17.8 Å². The first-order valence-electron chi connectivity index (χ1n) is 10.1. The van der Waals surface area contributed by atoms with E-state index in [1.807, 2.05) is 25.1 Å². The summed E-state index contributed by atoms with van der Waals surface area (Å²) in [7, 11) is 0. The molecule has 10 heteroatoms. The number of carbonyl (C=O) groups excluding carboxylic acids is 2. The van der Waals surface area contributed by atoms with Gasteiger partial charge in [0.25, 0.3) is 0 Å². The third-order valence-corrected chi connectivity index (χ3v) is 4.84. The van der Waals surface area contributed by atoms with Crippen LogP contribution in [0, 0.1) is 5.82 Å². The summed E-state index contributed by atoms with van der Waals surface area (Å²) >= 11 is 11.7. The molecule has 3 aromatic carbocycles. The molecule has 0 radical (unpaired) electrons. The molecule has 2 amide bonds. The largest absolute Gasteiger partial charge is 0.490 e. The van der Waals surface area contributed by atoms with Gasteiger partial charge >= 0.3 is 11.8 Å². The van der Waals surface area contributed by atoms with E-state index in [2.05, 4.69) is 15.8 Å². The number of amides is 2. The average molecular weight is 504 g/mol. The van der Waals surface area contributed by atoms with Gasteiger partial charge in [-0.2, -0.15) is 5.10 Å². The van der Waals surface area contributed by atoms with Crippen molar-refractivity contribution in [2.75, 3.05) is 11.9 Å². The molecule has 0 aliphatic carbocycles. The number of nitrogens with zero attached hydrogens (tertiary/aromatic N) is 1. The van der Waals surface area contributed by atoms with Crippen LogP contribution in [0.3, 0.4) is 0 Å². The summed E-state index contributed by atoms with van der Waals surface area (Å²) in [5, 5.41) is 6.53. The minimum absolute atomic E-state index is 0.172. The van der Waals surface area contributed by atoms with Crippen LogP contribution in [0.15, 0.2) is 65.8 Å². The maximum Gasteiger partial charge on any atom is 0.329 e. The molecule has 0 saturated heterocycles. The molecule has 0 spiro atoms. The van der Waals surface area contributed by atoms with Crippen molar-refractivity contribution in [3.63, 3.8) is 0 Å². The number of hydrogen-bond donors (Lipinski definition) is 2. The van der Waals surface area contributed by atoms with Gasteiger partial charge in [-0.05, 0) is 66.6 Å². The third kappa shape index (κ3) is 7.19. The van der Waals surface area contributed by atoms with E-state index in [0.717, 1.165) is 11.6 Å². The lowest BCUT2D eigenvalue weighted by Crippen LogP contribution is -2.32. The molecule has 3 rings (SSSR count). The van der Waals surface area contributed by atoms with Crippen LogP contribution in [0.1, 0.15) is 18.1 Å². The number of benzene rings is 3. The molecule has 0 saturated carbocycles. The Bertz CT molecular complexity index is 1220. The Morgan fingerprint density at radius 3 is 2.56 bits per heavy atom. The van der Waals surface area contributed by atoms with Crippen molar-refractivity contribution in [3.8, 4) is 11.5 Å². The zero-order valence-electron chi connectivity index (χ0n) is 18.0. The number of halogens is 3. The SMILES string of the molecule is CCOc1cc(C=NNC(=O)C(=O)Nc2ccc(F)c(Cl)c2)ccc1OCc1cccc(Cl)c1. The zero-order chi connectivity index (χ0) is 24.5. The lowest BCUT2D eigenvalue weighted by atomic mass is 10.2. The quantitative estimate of drug-likeness (QED) is 0.251. The highest BCUT2D eigenvalue weighted by molar-refractivity contribution is 6.39. The lowest BCUT2D eigenvalue weighted by molar-refractivity contribution is -0.136. The fourth-order valence-electron chi connectivity index (χ4n) is 2.76. The smallest absolute Gasteiger partial charge is 0.329 e. The second-order valence-electron chi connectivity index (χ2n) is 6.84. The van der Waals surface area contributed by atoms with Gasteiger partial charge in [0, 0.05) is 10.7 Å². The number of anilines is 1. The van der Waals surface area contributed by atoms with Gasteiger partial charge in [-0.15, -0.1) is 0 Å².